The number of carbonyl (C=O) groups excluding carboxylic acids is 2. The number of fused-ring (bicyclic) bond motifs is 1. The number of likely N-dealkylation sites (tertiary alicyclic amines) is 1. The van der Waals surface area contributed by atoms with Crippen molar-refractivity contribution in [2.24, 2.45) is 11.8 Å². The summed E-state index contributed by atoms with van der Waals surface area (Å²) < 4.78 is 45.3. The summed E-state index contributed by atoms with van der Waals surface area (Å²) in [5.41, 5.74) is 0.314. The van der Waals surface area contributed by atoms with Crippen LogP contribution in [0.4, 0.5) is 29.3 Å². The van der Waals surface area contributed by atoms with Crippen molar-refractivity contribution in [3.8, 4) is 5.75 Å². The number of amides is 2. The fourth-order valence-corrected chi connectivity index (χ4v) is 4.59. The lowest BCUT2D eigenvalue weighted by atomic mass is 10.0. The number of urea groups is 1. The van der Waals surface area contributed by atoms with Gasteiger partial charge in [-0.05, 0) is 37.3 Å². The molecule has 9 heteroatoms. The van der Waals surface area contributed by atoms with Gasteiger partial charge in [0.2, 0.25) is 0 Å². The van der Waals surface area contributed by atoms with Crippen molar-refractivity contribution in [1.29, 1.82) is 0 Å². The number of anilines is 2. The van der Waals surface area contributed by atoms with Crippen LogP contribution < -0.4 is 15.0 Å². The number of para-hydroxylation sites is 1. The lowest BCUT2D eigenvalue weighted by Gasteiger charge is -2.26. The molecule has 170 valence electrons. The maximum Gasteiger partial charge on any atom is 0.418 e. The lowest BCUT2D eigenvalue weighted by Crippen LogP contribution is -2.36. The number of rotatable bonds is 4. The molecule has 2 atom stereocenters. The van der Waals surface area contributed by atoms with Gasteiger partial charge >= 0.3 is 12.2 Å². The van der Waals surface area contributed by atoms with Gasteiger partial charge in [-0.3, -0.25) is 4.79 Å². The first-order valence-corrected chi connectivity index (χ1v) is 10.3. The van der Waals surface area contributed by atoms with Gasteiger partial charge in [0.1, 0.15) is 5.75 Å². The van der Waals surface area contributed by atoms with Gasteiger partial charge < -0.3 is 19.9 Å². The molecule has 0 saturated carbocycles. The number of alkyl halides is 3. The summed E-state index contributed by atoms with van der Waals surface area (Å²) in [5, 5.41) is 2.79. The van der Waals surface area contributed by atoms with Gasteiger partial charge in [0, 0.05) is 49.3 Å². The summed E-state index contributed by atoms with van der Waals surface area (Å²) in [7, 11) is 1.50. The van der Waals surface area contributed by atoms with Crippen LogP contribution in [0, 0.1) is 11.8 Å². The molecule has 0 aliphatic carbocycles. The monoisotopic (exact) mass is 447 g/mol. The standard InChI is InChI=1S/C23H24F3N3O3/c1-14(30)18-9-17(32-2)7-8-20(18)27-22(31)29-12-15-10-28(11-16(15)13-29)21-6-4-3-5-19(21)23(24,25)26/h3-9,15-16H,10-13H2,1-2H3,(H,27,31)/t15-,16+. The van der Waals surface area contributed by atoms with E-state index in [4.69, 9.17) is 4.74 Å². The van der Waals surface area contributed by atoms with Gasteiger partial charge in [-0.15, -0.1) is 0 Å². The molecule has 2 aromatic rings. The Bertz CT molecular complexity index is 1030. The van der Waals surface area contributed by atoms with Crippen molar-refractivity contribution in [1.82, 2.24) is 4.90 Å². The number of nitrogens with one attached hydrogen (secondary N) is 1. The highest BCUT2D eigenvalue weighted by molar-refractivity contribution is 6.03. The van der Waals surface area contributed by atoms with Crippen molar-refractivity contribution in [3.05, 3.63) is 53.6 Å². The molecular weight excluding hydrogens is 423 g/mol. The number of ketones is 1. The van der Waals surface area contributed by atoms with Crippen LogP contribution in [0.5, 0.6) is 5.75 Å². The molecule has 2 aliphatic heterocycles. The van der Waals surface area contributed by atoms with E-state index in [0.717, 1.165) is 6.07 Å². The SMILES string of the molecule is COc1ccc(NC(=O)N2C[C@@H]3CN(c4ccccc4C(F)(F)F)C[C@@H]3C2)c(C(C)=O)c1. The maximum atomic E-state index is 13.4. The Balaban J connectivity index is 1.43. The Morgan fingerprint density at radius 2 is 1.69 bits per heavy atom. The average Bonchev–Trinajstić information content (AvgIpc) is 3.32. The predicted molar refractivity (Wildman–Crippen MR) is 114 cm³/mol. The Hall–Kier alpha value is -3.23. The zero-order chi connectivity index (χ0) is 23.0. The van der Waals surface area contributed by atoms with Crippen molar-refractivity contribution < 1.29 is 27.5 Å². The van der Waals surface area contributed by atoms with E-state index >= 15 is 0 Å². The second-order valence-electron chi connectivity index (χ2n) is 8.24. The fourth-order valence-electron chi connectivity index (χ4n) is 4.59. The van der Waals surface area contributed by atoms with Crippen molar-refractivity contribution in [2.75, 3.05) is 43.5 Å². The van der Waals surface area contributed by atoms with Gasteiger partial charge in [0.25, 0.3) is 0 Å². The Morgan fingerprint density at radius 1 is 1.03 bits per heavy atom. The van der Waals surface area contributed by atoms with Crippen molar-refractivity contribution in [3.63, 3.8) is 0 Å². The highest BCUT2D eigenvalue weighted by atomic mass is 19.4. The van der Waals surface area contributed by atoms with E-state index in [-0.39, 0.29) is 29.3 Å². The molecule has 0 unspecified atom stereocenters. The summed E-state index contributed by atoms with van der Waals surface area (Å²) in [6.07, 6.45) is -4.41. The van der Waals surface area contributed by atoms with E-state index in [0.29, 0.717) is 43.2 Å². The maximum absolute atomic E-state index is 13.4. The quantitative estimate of drug-likeness (QED) is 0.701. The van der Waals surface area contributed by atoms with E-state index in [9.17, 15) is 22.8 Å². The first-order valence-electron chi connectivity index (χ1n) is 10.3. The molecule has 1 N–H and O–H groups in total. The second-order valence-corrected chi connectivity index (χ2v) is 8.24. The van der Waals surface area contributed by atoms with E-state index < -0.39 is 11.7 Å². The normalized spacial score (nSPS) is 20.3. The number of hydrogen-bond acceptors (Lipinski definition) is 4. The number of benzene rings is 2. The third-order valence-corrected chi connectivity index (χ3v) is 6.17. The molecule has 2 saturated heterocycles. The zero-order valence-electron chi connectivity index (χ0n) is 17.8. The van der Waals surface area contributed by atoms with Crippen LogP contribution in [0.3, 0.4) is 0 Å². The van der Waals surface area contributed by atoms with Crippen molar-refractivity contribution in [2.45, 2.75) is 13.1 Å². The molecule has 2 aliphatic rings. The van der Waals surface area contributed by atoms with E-state index in [1.165, 1.54) is 26.2 Å². The Kier molecular flexibility index (Phi) is 5.75. The number of Topliss-reactive ketones (excluding diaryl/α,β-unsaturated/α-hetero) is 1. The minimum Gasteiger partial charge on any atom is -0.497 e. The molecule has 32 heavy (non-hydrogen) atoms. The van der Waals surface area contributed by atoms with E-state index in [1.54, 1.807) is 34.1 Å². The summed E-state index contributed by atoms with van der Waals surface area (Å²) in [4.78, 5) is 28.2. The largest absolute Gasteiger partial charge is 0.497 e. The van der Waals surface area contributed by atoms with Crippen LogP contribution in [0.2, 0.25) is 0 Å². The predicted octanol–water partition coefficient (Wildman–Crippen LogP) is 4.52. The van der Waals surface area contributed by atoms with Gasteiger partial charge in [-0.25, -0.2) is 4.79 Å². The number of ether oxygens (including phenoxy) is 1. The molecule has 0 radical (unpaired) electrons. The number of methoxy groups -OCH3 is 1. The van der Waals surface area contributed by atoms with Crippen LogP contribution >= 0.6 is 0 Å². The molecule has 2 amide bonds. The van der Waals surface area contributed by atoms with Crippen LogP contribution in [-0.2, 0) is 6.18 Å². The minimum atomic E-state index is -4.41. The van der Waals surface area contributed by atoms with Gasteiger partial charge in [-0.1, -0.05) is 12.1 Å². The molecule has 2 aromatic carbocycles. The highest BCUT2D eigenvalue weighted by Crippen LogP contribution is 2.40. The van der Waals surface area contributed by atoms with Crippen LogP contribution in [-0.4, -0.2) is 50.0 Å². The molecule has 2 fully saturated rings. The number of hydrogen-bond donors (Lipinski definition) is 1. The molecule has 4 rings (SSSR count). The van der Waals surface area contributed by atoms with E-state index in [1.807, 2.05) is 0 Å². The van der Waals surface area contributed by atoms with Crippen LogP contribution in [0.1, 0.15) is 22.8 Å². The van der Waals surface area contributed by atoms with Crippen molar-refractivity contribution >= 4 is 23.2 Å². The summed E-state index contributed by atoms with van der Waals surface area (Å²) in [5.74, 6) is 0.495. The zero-order valence-corrected chi connectivity index (χ0v) is 17.8. The van der Waals surface area contributed by atoms with Gasteiger partial charge in [0.05, 0.1) is 18.4 Å². The highest BCUT2D eigenvalue weighted by Gasteiger charge is 2.44. The molecule has 6 nitrogen and oxygen atoms in total. The summed E-state index contributed by atoms with van der Waals surface area (Å²) >= 11 is 0. The summed E-state index contributed by atoms with van der Waals surface area (Å²) in [6.45, 7) is 3.24. The first kappa shape index (κ1) is 22.0. The third kappa shape index (κ3) is 4.24. The fraction of sp³-hybridized carbons (Fsp3) is 0.391. The molecule has 0 aromatic heterocycles. The van der Waals surface area contributed by atoms with E-state index in [2.05, 4.69) is 5.32 Å². The average molecular weight is 447 g/mol. The second kappa shape index (κ2) is 8.37. The number of halogens is 3. The van der Waals surface area contributed by atoms with Crippen LogP contribution in [0.15, 0.2) is 42.5 Å². The Labute approximate surface area is 183 Å². The smallest absolute Gasteiger partial charge is 0.418 e. The van der Waals surface area contributed by atoms with Crippen LogP contribution in [0.25, 0.3) is 0 Å². The number of nitrogens with zero attached hydrogens (tertiary/aromatic N) is 2. The number of carbonyl (C=O) groups is 2. The van der Waals surface area contributed by atoms with Gasteiger partial charge in [-0.2, -0.15) is 13.2 Å². The molecular formula is C23H24F3N3O3. The first-order chi connectivity index (χ1) is 15.2. The Morgan fingerprint density at radius 3 is 2.28 bits per heavy atom. The minimum absolute atomic E-state index is 0.0881. The molecule has 0 bridgehead atoms. The van der Waals surface area contributed by atoms with Gasteiger partial charge in [0.15, 0.2) is 5.78 Å². The third-order valence-electron chi connectivity index (χ3n) is 6.17. The molecule has 0 spiro atoms. The summed E-state index contributed by atoms with van der Waals surface area (Å²) in [6, 6.07) is 10.1. The topological polar surface area (TPSA) is 61.9 Å². The molecule has 2 heterocycles. The lowest BCUT2D eigenvalue weighted by molar-refractivity contribution is -0.137.